The van der Waals surface area contributed by atoms with Gasteiger partial charge in [-0.2, -0.15) is 0 Å². The van der Waals surface area contributed by atoms with Gasteiger partial charge in [0.2, 0.25) is 15.9 Å². The molecule has 0 spiro atoms. The number of aromatic nitrogens is 1. The maximum atomic E-state index is 12.9. The number of aryl methyl sites for hydroxylation is 2. The number of anilines is 2. The normalized spacial score (nSPS) is 14.8. The first-order chi connectivity index (χ1) is 15.6. The molecular weight excluding hydrogens is 444 g/mol. The second-order valence-electron chi connectivity index (χ2n) is 8.39. The predicted octanol–water partition coefficient (Wildman–Crippen LogP) is 2.96. The lowest BCUT2D eigenvalue weighted by molar-refractivity contribution is -0.115. The lowest BCUT2D eigenvalue weighted by atomic mass is 9.99. The van der Waals surface area contributed by atoms with Crippen molar-refractivity contribution in [2.24, 2.45) is 5.92 Å². The molecule has 1 saturated heterocycles. The minimum atomic E-state index is -4.13. The fraction of sp³-hybridized carbons (Fsp3) is 0.478. The Balaban J connectivity index is 1.62. The molecular formula is C23H32N4O5S. The monoisotopic (exact) mass is 476 g/mol. The summed E-state index contributed by atoms with van der Waals surface area (Å²) in [6, 6.07) is 7.51. The van der Waals surface area contributed by atoms with Gasteiger partial charge in [-0.3, -0.25) is 4.79 Å². The van der Waals surface area contributed by atoms with Gasteiger partial charge in [0.25, 0.3) is 0 Å². The van der Waals surface area contributed by atoms with E-state index in [1.807, 2.05) is 12.1 Å². The molecule has 0 atom stereocenters. The van der Waals surface area contributed by atoms with E-state index >= 15 is 0 Å². The highest BCUT2D eigenvalue weighted by atomic mass is 32.2. The van der Waals surface area contributed by atoms with E-state index in [4.69, 9.17) is 4.74 Å². The molecule has 2 heterocycles. The average molecular weight is 477 g/mol. The molecule has 9 nitrogen and oxygen atoms in total. The number of ether oxygens (including phenoxy) is 1. The molecule has 180 valence electrons. The molecule has 33 heavy (non-hydrogen) atoms. The van der Waals surface area contributed by atoms with Crippen LogP contribution in [0.2, 0.25) is 0 Å². The Bertz CT molecular complexity index is 1100. The number of sulfonamides is 1. The standard InChI is InChI=1S/C23H32N4O5S/c1-5-32-23(29)21-16(3)25-17(4)22(21)33(30,31)24-14-20(28)26-18-6-8-19(9-7-18)27-12-10-15(2)11-13-27/h6-9,15,24-25H,5,10-14H2,1-4H3,(H,26,28). The van der Waals surface area contributed by atoms with Crippen LogP contribution in [-0.2, 0) is 19.6 Å². The molecule has 0 saturated carbocycles. The second kappa shape index (κ2) is 10.4. The number of carbonyl (C=O) groups excluding carboxylic acids is 2. The summed E-state index contributed by atoms with van der Waals surface area (Å²) in [4.78, 5) is 29.6. The Hall–Kier alpha value is -2.85. The van der Waals surface area contributed by atoms with Gasteiger partial charge in [-0.25, -0.2) is 17.9 Å². The van der Waals surface area contributed by atoms with E-state index < -0.39 is 28.4 Å². The van der Waals surface area contributed by atoms with Crippen LogP contribution in [0.1, 0.15) is 48.4 Å². The van der Waals surface area contributed by atoms with Crippen LogP contribution in [0, 0.1) is 19.8 Å². The number of esters is 1. The first-order valence-electron chi connectivity index (χ1n) is 11.1. The van der Waals surface area contributed by atoms with Crippen molar-refractivity contribution in [2.45, 2.75) is 45.4 Å². The van der Waals surface area contributed by atoms with Crippen LogP contribution >= 0.6 is 0 Å². The average Bonchev–Trinajstić information content (AvgIpc) is 3.08. The SMILES string of the molecule is CCOC(=O)c1c(C)[nH]c(C)c1S(=O)(=O)NCC(=O)Nc1ccc(N2CCC(C)CC2)cc1. The van der Waals surface area contributed by atoms with Crippen molar-refractivity contribution >= 4 is 33.3 Å². The predicted molar refractivity (Wildman–Crippen MR) is 127 cm³/mol. The Morgan fingerprint density at radius 1 is 1.12 bits per heavy atom. The topological polar surface area (TPSA) is 121 Å². The largest absolute Gasteiger partial charge is 0.462 e. The van der Waals surface area contributed by atoms with Crippen molar-refractivity contribution in [3.63, 3.8) is 0 Å². The number of nitrogens with one attached hydrogen (secondary N) is 3. The molecule has 0 aliphatic carbocycles. The quantitative estimate of drug-likeness (QED) is 0.504. The van der Waals surface area contributed by atoms with E-state index in [0.29, 0.717) is 17.1 Å². The van der Waals surface area contributed by atoms with E-state index in [-0.39, 0.29) is 17.1 Å². The van der Waals surface area contributed by atoms with Crippen molar-refractivity contribution in [3.05, 3.63) is 41.2 Å². The van der Waals surface area contributed by atoms with Crippen LogP contribution in [0.15, 0.2) is 29.2 Å². The van der Waals surface area contributed by atoms with Gasteiger partial charge >= 0.3 is 5.97 Å². The van der Waals surface area contributed by atoms with Crippen molar-refractivity contribution in [2.75, 3.05) is 36.5 Å². The fourth-order valence-electron chi connectivity index (χ4n) is 4.00. The molecule has 0 unspecified atom stereocenters. The lowest BCUT2D eigenvalue weighted by Gasteiger charge is -2.32. The first kappa shape index (κ1) is 24.8. The van der Waals surface area contributed by atoms with Crippen LogP contribution in [-0.4, -0.2) is 51.5 Å². The summed E-state index contributed by atoms with van der Waals surface area (Å²) in [5.74, 6) is -0.496. The lowest BCUT2D eigenvalue weighted by Crippen LogP contribution is -2.34. The Labute approximate surface area is 194 Å². The summed E-state index contributed by atoms with van der Waals surface area (Å²) < 4.78 is 33.0. The number of benzene rings is 1. The zero-order chi connectivity index (χ0) is 24.2. The molecule has 1 aliphatic rings. The van der Waals surface area contributed by atoms with E-state index in [0.717, 1.165) is 37.5 Å². The van der Waals surface area contributed by atoms with E-state index in [1.54, 1.807) is 32.9 Å². The summed E-state index contributed by atoms with van der Waals surface area (Å²) in [7, 11) is -4.13. The number of hydrogen-bond donors (Lipinski definition) is 3. The third kappa shape index (κ3) is 5.94. The highest BCUT2D eigenvalue weighted by molar-refractivity contribution is 7.89. The molecule has 3 rings (SSSR count). The number of rotatable bonds is 8. The number of amides is 1. The highest BCUT2D eigenvalue weighted by Crippen LogP contribution is 2.25. The molecule has 10 heteroatoms. The van der Waals surface area contributed by atoms with Gasteiger partial charge in [-0.15, -0.1) is 0 Å². The Morgan fingerprint density at radius 2 is 1.76 bits per heavy atom. The molecule has 1 aliphatic heterocycles. The maximum absolute atomic E-state index is 12.9. The van der Waals surface area contributed by atoms with Crippen LogP contribution in [0.3, 0.4) is 0 Å². The number of hydrogen-bond acceptors (Lipinski definition) is 6. The summed E-state index contributed by atoms with van der Waals surface area (Å²) in [6.45, 7) is 8.73. The minimum absolute atomic E-state index is 0.0510. The van der Waals surface area contributed by atoms with Crippen LogP contribution in [0.4, 0.5) is 11.4 Å². The van der Waals surface area contributed by atoms with E-state index in [1.165, 1.54) is 0 Å². The molecule has 0 radical (unpaired) electrons. The van der Waals surface area contributed by atoms with Gasteiger partial charge in [0.05, 0.1) is 13.2 Å². The first-order valence-corrected chi connectivity index (χ1v) is 12.6. The Morgan fingerprint density at radius 3 is 2.36 bits per heavy atom. The zero-order valence-electron chi connectivity index (χ0n) is 19.5. The fourth-order valence-corrected chi connectivity index (χ4v) is 5.43. The summed E-state index contributed by atoms with van der Waals surface area (Å²) >= 11 is 0. The molecule has 1 aromatic carbocycles. The second-order valence-corrected chi connectivity index (χ2v) is 10.1. The number of H-pyrrole nitrogens is 1. The number of carbonyl (C=O) groups is 2. The minimum Gasteiger partial charge on any atom is -0.462 e. The maximum Gasteiger partial charge on any atom is 0.341 e. The van der Waals surface area contributed by atoms with Gasteiger partial charge in [-0.05, 0) is 63.8 Å². The van der Waals surface area contributed by atoms with E-state index in [2.05, 4.69) is 26.8 Å². The van der Waals surface area contributed by atoms with Gasteiger partial charge in [0.1, 0.15) is 10.5 Å². The summed E-state index contributed by atoms with van der Waals surface area (Å²) in [5.41, 5.74) is 2.31. The van der Waals surface area contributed by atoms with E-state index in [9.17, 15) is 18.0 Å². The van der Waals surface area contributed by atoms with Crippen LogP contribution in [0.5, 0.6) is 0 Å². The van der Waals surface area contributed by atoms with Crippen molar-refractivity contribution in [3.8, 4) is 0 Å². The summed E-state index contributed by atoms with van der Waals surface area (Å²) in [5, 5.41) is 2.70. The number of aromatic amines is 1. The van der Waals surface area contributed by atoms with Gasteiger partial charge < -0.3 is 19.9 Å². The third-order valence-electron chi connectivity index (χ3n) is 5.79. The summed E-state index contributed by atoms with van der Waals surface area (Å²) in [6.07, 6.45) is 2.33. The van der Waals surface area contributed by atoms with Gasteiger partial charge in [-0.1, -0.05) is 6.92 Å². The smallest absolute Gasteiger partial charge is 0.341 e. The van der Waals surface area contributed by atoms with Gasteiger partial charge in [0, 0.05) is 35.9 Å². The van der Waals surface area contributed by atoms with Crippen molar-refractivity contribution < 1.29 is 22.7 Å². The van der Waals surface area contributed by atoms with Gasteiger partial charge in [0.15, 0.2) is 0 Å². The zero-order valence-corrected chi connectivity index (χ0v) is 20.3. The van der Waals surface area contributed by atoms with Crippen molar-refractivity contribution in [1.82, 2.24) is 9.71 Å². The molecule has 0 bridgehead atoms. The number of piperidine rings is 1. The van der Waals surface area contributed by atoms with Crippen LogP contribution < -0.4 is 14.9 Å². The number of nitrogens with zero attached hydrogens (tertiary/aromatic N) is 1. The third-order valence-corrected chi connectivity index (χ3v) is 7.36. The van der Waals surface area contributed by atoms with Crippen LogP contribution in [0.25, 0.3) is 0 Å². The molecule has 3 N–H and O–H groups in total. The molecule has 1 aromatic heterocycles. The molecule has 1 amide bonds. The molecule has 1 fully saturated rings. The van der Waals surface area contributed by atoms with Crippen molar-refractivity contribution in [1.29, 1.82) is 0 Å². The molecule has 2 aromatic rings. The highest BCUT2D eigenvalue weighted by Gasteiger charge is 2.30. The Kier molecular flexibility index (Phi) is 7.80.